The van der Waals surface area contributed by atoms with Crippen LogP contribution in [0.4, 0.5) is 0 Å². The summed E-state index contributed by atoms with van der Waals surface area (Å²) >= 11 is 0. The van der Waals surface area contributed by atoms with Gasteiger partial charge in [0.1, 0.15) is 0 Å². The Labute approximate surface area is 66.9 Å². The largest absolute Gasteiger partial charge is 0.478 e. The van der Waals surface area contributed by atoms with Gasteiger partial charge < -0.3 is 10.8 Å². The van der Waals surface area contributed by atoms with Crippen molar-refractivity contribution in [2.75, 3.05) is 0 Å². The fourth-order valence-corrected chi connectivity index (χ4v) is 0.475. The maximum atomic E-state index is 10.1. The highest BCUT2D eigenvalue weighted by atomic mass is 16.4. The molecule has 0 bridgehead atoms. The lowest BCUT2D eigenvalue weighted by Gasteiger charge is -2.23. The zero-order valence-electron chi connectivity index (χ0n) is 7.16. The standard InChI is InChI=1S/C8H15NO2/c1-8(2,3)6(9)4-5-7(10)11/h4-6H,9H2,1-3H3,(H,10,11)/b5-4+. The van der Waals surface area contributed by atoms with Crippen molar-refractivity contribution in [3.63, 3.8) is 0 Å². The highest BCUT2D eigenvalue weighted by Gasteiger charge is 2.17. The van der Waals surface area contributed by atoms with Crippen molar-refractivity contribution >= 4 is 5.97 Å². The van der Waals surface area contributed by atoms with Crippen LogP contribution in [-0.4, -0.2) is 17.1 Å². The van der Waals surface area contributed by atoms with E-state index in [4.69, 9.17) is 10.8 Å². The Morgan fingerprint density at radius 1 is 1.55 bits per heavy atom. The molecule has 1 atom stereocenters. The van der Waals surface area contributed by atoms with Crippen LogP contribution in [0.5, 0.6) is 0 Å². The van der Waals surface area contributed by atoms with Gasteiger partial charge in [-0.15, -0.1) is 0 Å². The Hall–Kier alpha value is -0.830. The van der Waals surface area contributed by atoms with Crippen molar-refractivity contribution in [2.24, 2.45) is 11.1 Å². The van der Waals surface area contributed by atoms with Gasteiger partial charge in [0.25, 0.3) is 0 Å². The number of aliphatic carboxylic acids is 1. The Kier molecular flexibility index (Phi) is 3.26. The summed E-state index contributed by atoms with van der Waals surface area (Å²) < 4.78 is 0. The van der Waals surface area contributed by atoms with Gasteiger partial charge in [0.05, 0.1) is 0 Å². The van der Waals surface area contributed by atoms with Crippen molar-refractivity contribution < 1.29 is 9.90 Å². The predicted molar refractivity (Wildman–Crippen MR) is 44.2 cm³/mol. The van der Waals surface area contributed by atoms with Crippen LogP contribution < -0.4 is 5.73 Å². The fourth-order valence-electron chi connectivity index (χ4n) is 0.475. The average Bonchev–Trinajstić information content (AvgIpc) is 1.80. The molecule has 3 nitrogen and oxygen atoms in total. The second-order valence-electron chi connectivity index (χ2n) is 3.59. The van der Waals surface area contributed by atoms with Crippen molar-refractivity contribution in [1.82, 2.24) is 0 Å². The molecule has 0 aromatic rings. The molecule has 0 heterocycles. The number of rotatable bonds is 2. The van der Waals surface area contributed by atoms with Crippen molar-refractivity contribution in [1.29, 1.82) is 0 Å². The third-order valence-corrected chi connectivity index (χ3v) is 1.45. The van der Waals surface area contributed by atoms with Crippen LogP contribution in [0.2, 0.25) is 0 Å². The maximum absolute atomic E-state index is 10.1. The van der Waals surface area contributed by atoms with Crippen molar-refractivity contribution in [3.8, 4) is 0 Å². The molecule has 0 fully saturated rings. The molecular weight excluding hydrogens is 142 g/mol. The molecule has 0 amide bonds. The van der Waals surface area contributed by atoms with E-state index >= 15 is 0 Å². The van der Waals surface area contributed by atoms with Gasteiger partial charge in [-0.2, -0.15) is 0 Å². The summed E-state index contributed by atoms with van der Waals surface area (Å²) in [4.78, 5) is 10.1. The molecule has 0 spiro atoms. The van der Waals surface area contributed by atoms with E-state index in [9.17, 15) is 4.79 Å². The highest BCUT2D eigenvalue weighted by Crippen LogP contribution is 2.17. The lowest BCUT2D eigenvalue weighted by molar-refractivity contribution is -0.131. The summed E-state index contributed by atoms with van der Waals surface area (Å²) in [5, 5.41) is 8.29. The quantitative estimate of drug-likeness (QED) is 0.588. The average molecular weight is 157 g/mol. The second-order valence-corrected chi connectivity index (χ2v) is 3.59. The monoisotopic (exact) mass is 157 g/mol. The molecular formula is C8H15NO2. The highest BCUT2D eigenvalue weighted by molar-refractivity contribution is 5.79. The molecule has 0 aliphatic rings. The first-order valence-corrected chi connectivity index (χ1v) is 3.51. The molecule has 3 N–H and O–H groups in total. The van der Waals surface area contributed by atoms with E-state index < -0.39 is 5.97 Å². The van der Waals surface area contributed by atoms with Gasteiger partial charge >= 0.3 is 5.97 Å². The Morgan fingerprint density at radius 3 is 2.27 bits per heavy atom. The summed E-state index contributed by atoms with van der Waals surface area (Å²) in [6.07, 6.45) is 2.58. The third kappa shape index (κ3) is 4.56. The van der Waals surface area contributed by atoms with Gasteiger partial charge in [-0.05, 0) is 5.41 Å². The van der Waals surface area contributed by atoms with Crippen LogP contribution in [0.1, 0.15) is 20.8 Å². The minimum atomic E-state index is -0.954. The van der Waals surface area contributed by atoms with Gasteiger partial charge in [-0.3, -0.25) is 0 Å². The van der Waals surface area contributed by atoms with Gasteiger partial charge in [0, 0.05) is 12.1 Å². The van der Waals surface area contributed by atoms with Crippen LogP contribution in [0.25, 0.3) is 0 Å². The zero-order chi connectivity index (χ0) is 9.07. The minimum absolute atomic E-state index is 0.0774. The first-order valence-electron chi connectivity index (χ1n) is 3.51. The van der Waals surface area contributed by atoms with Crippen molar-refractivity contribution in [3.05, 3.63) is 12.2 Å². The SMILES string of the molecule is CC(C)(C)C(N)/C=C/C(=O)O. The van der Waals surface area contributed by atoms with Crippen LogP contribution in [0, 0.1) is 5.41 Å². The molecule has 0 aliphatic carbocycles. The van der Waals surface area contributed by atoms with Crippen molar-refractivity contribution in [2.45, 2.75) is 26.8 Å². The number of carbonyl (C=O) groups is 1. The van der Waals surface area contributed by atoms with E-state index in [-0.39, 0.29) is 11.5 Å². The van der Waals surface area contributed by atoms with Crippen LogP contribution >= 0.6 is 0 Å². The molecule has 11 heavy (non-hydrogen) atoms. The number of nitrogens with two attached hydrogens (primary N) is 1. The summed E-state index contributed by atoms with van der Waals surface area (Å²) in [7, 11) is 0. The smallest absolute Gasteiger partial charge is 0.328 e. The van der Waals surface area contributed by atoms with E-state index in [0.717, 1.165) is 6.08 Å². The molecule has 0 saturated carbocycles. The molecule has 0 aromatic carbocycles. The van der Waals surface area contributed by atoms with Crippen LogP contribution in [0.15, 0.2) is 12.2 Å². The van der Waals surface area contributed by atoms with E-state index in [2.05, 4.69) is 0 Å². The summed E-state index contributed by atoms with van der Waals surface area (Å²) in [5.74, 6) is -0.954. The summed E-state index contributed by atoms with van der Waals surface area (Å²) in [6.45, 7) is 5.89. The number of hydrogen-bond acceptors (Lipinski definition) is 2. The Balaban J connectivity index is 4.07. The fraction of sp³-hybridized carbons (Fsp3) is 0.625. The predicted octanol–water partition coefficient (Wildman–Crippen LogP) is 1.00. The number of carboxylic acids is 1. The van der Waals surface area contributed by atoms with Gasteiger partial charge in [-0.25, -0.2) is 4.79 Å². The molecule has 0 aliphatic heterocycles. The minimum Gasteiger partial charge on any atom is -0.478 e. The molecule has 0 rings (SSSR count). The van der Waals surface area contributed by atoms with Gasteiger partial charge in [0.15, 0.2) is 0 Å². The number of carboxylic acid groups (broad SMARTS) is 1. The molecule has 1 unspecified atom stereocenters. The maximum Gasteiger partial charge on any atom is 0.328 e. The first kappa shape index (κ1) is 10.2. The summed E-state index contributed by atoms with van der Waals surface area (Å²) in [6, 6.07) is -0.210. The molecule has 3 heteroatoms. The topological polar surface area (TPSA) is 63.3 Å². The molecule has 0 radical (unpaired) electrons. The Morgan fingerprint density at radius 2 is 2.00 bits per heavy atom. The van der Waals surface area contributed by atoms with E-state index in [0.29, 0.717) is 0 Å². The lowest BCUT2D eigenvalue weighted by Crippen LogP contribution is -2.32. The Bertz CT molecular complexity index is 167. The molecule has 0 saturated heterocycles. The van der Waals surface area contributed by atoms with E-state index in [1.54, 1.807) is 0 Å². The van der Waals surface area contributed by atoms with E-state index in [1.165, 1.54) is 6.08 Å². The second kappa shape index (κ2) is 3.53. The van der Waals surface area contributed by atoms with Crippen LogP contribution in [-0.2, 0) is 4.79 Å². The van der Waals surface area contributed by atoms with Crippen LogP contribution in [0.3, 0.4) is 0 Å². The number of hydrogen-bond donors (Lipinski definition) is 2. The molecule has 0 aromatic heterocycles. The van der Waals surface area contributed by atoms with Gasteiger partial charge in [0.2, 0.25) is 0 Å². The third-order valence-electron chi connectivity index (χ3n) is 1.45. The van der Waals surface area contributed by atoms with E-state index in [1.807, 2.05) is 20.8 Å². The van der Waals surface area contributed by atoms with Gasteiger partial charge in [-0.1, -0.05) is 26.8 Å². The summed E-state index contributed by atoms with van der Waals surface area (Å²) in [5.41, 5.74) is 5.57. The first-order chi connectivity index (χ1) is 4.84. The molecule has 64 valence electrons. The normalized spacial score (nSPS) is 15.3. The lowest BCUT2D eigenvalue weighted by atomic mass is 9.87. The zero-order valence-corrected chi connectivity index (χ0v) is 7.16.